The van der Waals surface area contributed by atoms with Crippen LogP contribution in [0.5, 0.6) is 0 Å². The Morgan fingerprint density at radius 2 is 2.07 bits per heavy atom. The number of ether oxygens (including phenoxy) is 1. The van der Waals surface area contributed by atoms with Gasteiger partial charge in [-0.1, -0.05) is 11.6 Å². The first-order valence-corrected chi connectivity index (χ1v) is 5.43. The minimum atomic E-state index is 0.758. The van der Waals surface area contributed by atoms with Crippen molar-refractivity contribution in [2.45, 2.75) is 13.8 Å². The molecule has 14 heavy (non-hydrogen) atoms. The van der Waals surface area contributed by atoms with Gasteiger partial charge in [0.25, 0.3) is 0 Å². The van der Waals surface area contributed by atoms with Crippen molar-refractivity contribution < 1.29 is 4.74 Å². The van der Waals surface area contributed by atoms with Crippen LogP contribution in [-0.4, -0.2) is 50.8 Å². The minimum absolute atomic E-state index is 0.758. The molecule has 0 atom stereocenters. The van der Waals surface area contributed by atoms with Crippen LogP contribution in [0.1, 0.15) is 13.8 Å². The van der Waals surface area contributed by atoms with E-state index in [2.05, 4.69) is 30.1 Å². The third-order valence-corrected chi connectivity index (χ3v) is 2.37. The number of piperazine rings is 1. The summed E-state index contributed by atoms with van der Waals surface area (Å²) in [5.74, 6) is 0. The summed E-state index contributed by atoms with van der Waals surface area (Å²) < 4.78 is 5.51. The topological polar surface area (TPSA) is 24.5 Å². The van der Waals surface area contributed by atoms with Gasteiger partial charge in [0, 0.05) is 32.7 Å². The van der Waals surface area contributed by atoms with E-state index < -0.39 is 0 Å². The summed E-state index contributed by atoms with van der Waals surface area (Å²) >= 11 is 0. The van der Waals surface area contributed by atoms with Gasteiger partial charge in [0.15, 0.2) is 0 Å². The molecule has 1 saturated heterocycles. The summed E-state index contributed by atoms with van der Waals surface area (Å²) in [5, 5.41) is 3.34. The van der Waals surface area contributed by atoms with Crippen LogP contribution in [0.25, 0.3) is 0 Å². The molecule has 0 unspecified atom stereocenters. The molecule has 0 aromatic heterocycles. The highest BCUT2D eigenvalue weighted by Gasteiger charge is 2.07. The van der Waals surface area contributed by atoms with Crippen molar-refractivity contribution in [1.82, 2.24) is 10.2 Å². The molecule has 1 fully saturated rings. The highest BCUT2D eigenvalue weighted by molar-refractivity contribution is 4.92. The van der Waals surface area contributed by atoms with Gasteiger partial charge < -0.3 is 10.1 Å². The van der Waals surface area contributed by atoms with E-state index in [0.29, 0.717) is 0 Å². The van der Waals surface area contributed by atoms with Gasteiger partial charge in [0.1, 0.15) is 0 Å². The molecule has 1 heterocycles. The maximum absolute atomic E-state index is 5.51. The quantitative estimate of drug-likeness (QED) is 0.524. The fourth-order valence-electron chi connectivity index (χ4n) is 1.44. The molecular weight excluding hydrogens is 176 g/mol. The second-order valence-corrected chi connectivity index (χ2v) is 3.95. The third-order valence-electron chi connectivity index (χ3n) is 2.37. The largest absolute Gasteiger partial charge is 0.376 e. The number of nitrogens with one attached hydrogen (secondary N) is 1. The molecule has 0 saturated carbocycles. The normalized spacial score (nSPS) is 18.1. The van der Waals surface area contributed by atoms with E-state index in [-0.39, 0.29) is 0 Å². The van der Waals surface area contributed by atoms with E-state index >= 15 is 0 Å². The van der Waals surface area contributed by atoms with E-state index in [1.165, 1.54) is 5.57 Å². The summed E-state index contributed by atoms with van der Waals surface area (Å²) in [6, 6.07) is 0. The van der Waals surface area contributed by atoms with Crippen molar-refractivity contribution in [1.29, 1.82) is 0 Å². The summed E-state index contributed by atoms with van der Waals surface area (Å²) in [7, 11) is 0. The van der Waals surface area contributed by atoms with Crippen molar-refractivity contribution in [3.05, 3.63) is 11.6 Å². The lowest BCUT2D eigenvalue weighted by atomic mass is 10.3. The second kappa shape index (κ2) is 6.98. The van der Waals surface area contributed by atoms with Crippen LogP contribution in [0.2, 0.25) is 0 Å². The van der Waals surface area contributed by atoms with E-state index in [4.69, 9.17) is 4.74 Å². The lowest BCUT2D eigenvalue weighted by Crippen LogP contribution is -2.44. The Balaban J connectivity index is 1.95. The van der Waals surface area contributed by atoms with E-state index in [0.717, 1.165) is 45.9 Å². The van der Waals surface area contributed by atoms with E-state index in [9.17, 15) is 0 Å². The monoisotopic (exact) mass is 198 g/mol. The third kappa shape index (κ3) is 5.37. The summed E-state index contributed by atoms with van der Waals surface area (Å²) in [6.45, 7) is 11.4. The number of hydrogen-bond donors (Lipinski definition) is 1. The smallest absolute Gasteiger partial charge is 0.0650 e. The Morgan fingerprint density at radius 3 is 2.71 bits per heavy atom. The van der Waals surface area contributed by atoms with Gasteiger partial charge in [-0.25, -0.2) is 0 Å². The Morgan fingerprint density at radius 1 is 1.36 bits per heavy atom. The molecule has 1 aliphatic rings. The molecule has 3 nitrogen and oxygen atoms in total. The predicted octanol–water partition coefficient (Wildman–Crippen LogP) is 0.874. The highest BCUT2D eigenvalue weighted by atomic mass is 16.5. The molecule has 1 rings (SSSR count). The summed E-state index contributed by atoms with van der Waals surface area (Å²) in [4.78, 5) is 2.44. The zero-order valence-corrected chi connectivity index (χ0v) is 9.38. The Bertz CT molecular complexity index is 170. The first-order chi connectivity index (χ1) is 6.79. The van der Waals surface area contributed by atoms with Gasteiger partial charge in [-0.2, -0.15) is 0 Å². The Hall–Kier alpha value is -0.380. The molecule has 0 bridgehead atoms. The van der Waals surface area contributed by atoms with Gasteiger partial charge in [-0.05, 0) is 13.8 Å². The molecule has 1 N–H and O–H groups in total. The van der Waals surface area contributed by atoms with Crippen molar-refractivity contribution in [2.24, 2.45) is 0 Å². The predicted molar refractivity (Wildman–Crippen MR) is 59.6 cm³/mol. The molecule has 0 amide bonds. The number of allylic oxidation sites excluding steroid dienone is 1. The van der Waals surface area contributed by atoms with Gasteiger partial charge in [0.2, 0.25) is 0 Å². The van der Waals surface area contributed by atoms with Gasteiger partial charge >= 0.3 is 0 Å². The lowest BCUT2D eigenvalue weighted by molar-refractivity contribution is 0.117. The maximum atomic E-state index is 5.51. The second-order valence-electron chi connectivity index (χ2n) is 3.95. The average Bonchev–Trinajstić information content (AvgIpc) is 2.18. The molecule has 0 aromatic carbocycles. The van der Waals surface area contributed by atoms with Crippen molar-refractivity contribution in [3.8, 4) is 0 Å². The van der Waals surface area contributed by atoms with Gasteiger partial charge in [-0.3, -0.25) is 4.90 Å². The lowest BCUT2D eigenvalue weighted by Gasteiger charge is -2.26. The molecule has 0 aromatic rings. The van der Waals surface area contributed by atoms with Crippen molar-refractivity contribution in [2.75, 3.05) is 45.9 Å². The first-order valence-electron chi connectivity index (χ1n) is 5.43. The van der Waals surface area contributed by atoms with Crippen molar-refractivity contribution in [3.63, 3.8) is 0 Å². The number of nitrogens with zero attached hydrogens (tertiary/aromatic N) is 1. The standard InChI is InChI=1S/C11H22N2O/c1-11(2)3-9-14-10-8-13-6-4-12-5-7-13/h3,12H,4-10H2,1-2H3. The fraction of sp³-hybridized carbons (Fsp3) is 0.818. The summed E-state index contributed by atoms with van der Waals surface area (Å²) in [6.07, 6.45) is 2.12. The summed E-state index contributed by atoms with van der Waals surface area (Å²) in [5.41, 5.74) is 1.33. The number of rotatable bonds is 5. The van der Waals surface area contributed by atoms with Crippen molar-refractivity contribution >= 4 is 0 Å². The van der Waals surface area contributed by atoms with E-state index in [1.807, 2.05) is 0 Å². The maximum Gasteiger partial charge on any atom is 0.0650 e. The molecule has 1 aliphatic heterocycles. The Labute approximate surface area is 87.1 Å². The zero-order valence-electron chi connectivity index (χ0n) is 9.38. The van der Waals surface area contributed by atoms with Crippen LogP contribution < -0.4 is 5.32 Å². The van der Waals surface area contributed by atoms with Crippen LogP contribution in [0.15, 0.2) is 11.6 Å². The molecule has 0 spiro atoms. The minimum Gasteiger partial charge on any atom is -0.376 e. The molecular formula is C11H22N2O. The molecule has 3 heteroatoms. The van der Waals surface area contributed by atoms with Crippen LogP contribution in [0.3, 0.4) is 0 Å². The number of hydrogen-bond acceptors (Lipinski definition) is 3. The molecule has 0 aliphatic carbocycles. The van der Waals surface area contributed by atoms with Crippen LogP contribution in [0, 0.1) is 0 Å². The molecule has 82 valence electrons. The average molecular weight is 198 g/mol. The van der Waals surface area contributed by atoms with Gasteiger partial charge in [-0.15, -0.1) is 0 Å². The van der Waals surface area contributed by atoms with Crippen LogP contribution >= 0.6 is 0 Å². The first kappa shape index (κ1) is 11.7. The fourth-order valence-corrected chi connectivity index (χ4v) is 1.44. The zero-order chi connectivity index (χ0) is 10.2. The Kier molecular flexibility index (Phi) is 5.83. The SMILES string of the molecule is CC(C)=CCOCCN1CCNCC1. The van der Waals surface area contributed by atoms with Crippen LogP contribution in [-0.2, 0) is 4.74 Å². The van der Waals surface area contributed by atoms with Gasteiger partial charge in [0.05, 0.1) is 13.2 Å². The van der Waals surface area contributed by atoms with E-state index in [1.54, 1.807) is 0 Å². The highest BCUT2D eigenvalue weighted by Crippen LogP contribution is 1.93. The van der Waals surface area contributed by atoms with Crippen LogP contribution in [0.4, 0.5) is 0 Å². The molecule has 0 radical (unpaired) electrons.